The number of rotatable bonds is 7. The normalized spacial score (nSPS) is 18.1. The minimum Gasteiger partial charge on any atom is -0.376 e. The molecule has 39 heavy (non-hydrogen) atoms. The number of aromatic nitrogens is 2. The van der Waals surface area contributed by atoms with Crippen LogP contribution in [0.4, 0.5) is 10.5 Å². The van der Waals surface area contributed by atoms with Crippen LogP contribution in [0.15, 0.2) is 60.8 Å². The van der Waals surface area contributed by atoms with Crippen molar-refractivity contribution in [3.8, 4) is 17.2 Å². The van der Waals surface area contributed by atoms with Crippen LogP contribution in [0.1, 0.15) is 66.8 Å². The van der Waals surface area contributed by atoms with Crippen LogP contribution < -0.4 is 16.0 Å². The Balaban J connectivity index is 1.20. The molecule has 2 fully saturated rings. The van der Waals surface area contributed by atoms with Crippen LogP contribution in [0.3, 0.4) is 0 Å². The number of hydrogen-bond acceptors (Lipinski definition) is 6. The van der Waals surface area contributed by atoms with Crippen LogP contribution in [0.2, 0.25) is 0 Å². The number of amides is 3. The Morgan fingerprint density at radius 3 is 2.36 bits per heavy atom. The quantitative estimate of drug-likeness (QED) is 0.403. The molecule has 5 rings (SSSR count). The number of nitrogens with zero attached hydrogens (tertiary/aromatic N) is 3. The Morgan fingerprint density at radius 2 is 1.69 bits per heavy atom. The highest BCUT2D eigenvalue weighted by Gasteiger charge is 2.37. The highest BCUT2D eigenvalue weighted by Crippen LogP contribution is 2.36. The van der Waals surface area contributed by atoms with Crippen molar-refractivity contribution < 1.29 is 14.3 Å². The third-order valence-corrected chi connectivity index (χ3v) is 7.44. The van der Waals surface area contributed by atoms with E-state index in [-0.39, 0.29) is 23.9 Å². The van der Waals surface area contributed by atoms with Crippen molar-refractivity contribution in [1.29, 1.82) is 5.26 Å². The average molecular weight is 525 g/mol. The summed E-state index contributed by atoms with van der Waals surface area (Å²) in [6.45, 7) is 1.30. The summed E-state index contributed by atoms with van der Waals surface area (Å²) in [7, 11) is 0. The number of nitriles is 1. The van der Waals surface area contributed by atoms with Crippen molar-refractivity contribution in [3.63, 3.8) is 0 Å². The molecule has 9 nitrogen and oxygen atoms in total. The van der Waals surface area contributed by atoms with Crippen molar-refractivity contribution in [2.24, 2.45) is 0 Å². The van der Waals surface area contributed by atoms with E-state index in [1.165, 1.54) is 0 Å². The molecule has 3 N–H and O–H groups in total. The summed E-state index contributed by atoms with van der Waals surface area (Å²) in [6.07, 6.45) is 8.25. The second-order valence-corrected chi connectivity index (χ2v) is 10.1. The van der Waals surface area contributed by atoms with Gasteiger partial charge in [-0.1, -0.05) is 43.5 Å². The first-order chi connectivity index (χ1) is 19.0. The summed E-state index contributed by atoms with van der Waals surface area (Å²) in [6, 6.07) is 18.5. The van der Waals surface area contributed by atoms with Gasteiger partial charge in [-0.05, 0) is 67.1 Å². The fourth-order valence-electron chi connectivity index (χ4n) is 5.33. The third kappa shape index (κ3) is 6.41. The Hall–Kier alpha value is -4.29. The highest BCUT2D eigenvalue weighted by molar-refractivity contribution is 5.94. The molecule has 1 atom stereocenters. The first-order valence-electron chi connectivity index (χ1n) is 13.5. The molecule has 0 spiro atoms. The molecule has 2 aromatic carbocycles. The molecule has 2 aliphatic rings. The maximum absolute atomic E-state index is 13.0. The summed E-state index contributed by atoms with van der Waals surface area (Å²) in [5.74, 6) is -0.00765. The standard InChI is InChI=1S/C30H32N6O3/c31-19-27-32-17-14-26(35-27)30(15-2-1-3-16-30)36-29(38)34-24-12-10-22(11-13-24)21-6-8-23(9-7-21)28(37)33-20-25-5-4-18-39-25/h6-14,17,25H,1-5,15-16,18,20H2,(H,33,37)(H2,34,36,38). The SMILES string of the molecule is N#Cc1nccc(C2(NC(=O)Nc3ccc(-c4ccc(C(=O)NCC5CCCO5)cc4)cc3)CCCCC2)n1. The van der Waals surface area contributed by atoms with Gasteiger partial charge in [0, 0.05) is 30.6 Å². The largest absolute Gasteiger partial charge is 0.376 e. The van der Waals surface area contributed by atoms with Gasteiger partial charge in [-0.2, -0.15) is 5.26 Å². The summed E-state index contributed by atoms with van der Waals surface area (Å²) < 4.78 is 5.56. The smallest absolute Gasteiger partial charge is 0.319 e. The van der Waals surface area contributed by atoms with Gasteiger partial charge >= 0.3 is 6.03 Å². The summed E-state index contributed by atoms with van der Waals surface area (Å²) in [4.78, 5) is 33.8. The van der Waals surface area contributed by atoms with Gasteiger partial charge in [-0.3, -0.25) is 4.79 Å². The number of ether oxygens (including phenoxy) is 1. The average Bonchev–Trinajstić information content (AvgIpc) is 3.51. The van der Waals surface area contributed by atoms with Gasteiger partial charge in [0.2, 0.25) is 5.82 Å². The fraction of sp³-hybridized carbons (Fsp3) is 0.367. The minimum absolute atomic E-state index is 0.0996. The molecule has 0 bridgehead atoms. The Labute approximate surface area is 228 Å². The van der Waals surface area contributed by atoms with E-state index in [0.29, 0.717) is 23.5 Å². The lowest BCUT2D eigenvalue weighted by molar-refractivity contribution is 0.0858. The molecule has 1 aliphatic carbocycles. The van der Waals surface area contributed by atoms with Crippen LogP contribution in [0, 0.1) is 11.3 Å². The summed E-state index contributed by atoms with van der Waals surface area (Å²) in [5.41, 5.74) is 3.25. The number of urea groups is 1. The number of benzene rings is 2. The zero-order valence-electron chi connectivity index (χ0n) is 21.8. The summed E-state index contributed by atoms with van der Waals surface area (Å²) >= 11 is 0. The lowest BCUT2D eigenvalue weighted by Crippen LogP contribution is -2.49. The highest BCUT2D eigenvalue weighted by atomic mass is 16.5. The van der Waals surface area contributed by atoms with Crippen LogP contribution in [-0.2, 0) is 10.3 Å². The molecule has 3 amide bonds. The van der Waals surface area contributed by atoms with Gasteiger partial charge < -0.3 is 20.7 Å². The Bertz CT molecular complexity index is 1340. The van der Waals surface area contributed by atoms with E-state index in [0.717, 1.165) is 62.7 Å². The first-order valence-corrected chi connectivity index (χ1v) is 13.5. The molecule has 3 aromatic rings. The van der Waals surface area contributed by atoms with Gasteiger partial charge in [0.15, 0.2) is 0 Å². The predicted molar refractivity (Wildman–Crippen MR) is 147 cm³/mol. The van der Waals surface area contributed by atoms with Gasteiger partial charge in [-0.25, -0.2) is 14.8 Å². The van der Waals surface area contributed by atoms with E-state index in [4.69, 9.17) is 4.74 Å². The maximum atomic E-state index is 13.0. The number of hydrogen-bond donors (Lipinski definition) is 3. The molecular weight excluding hydrogens is 492 g/mol. The number of carbonyl (C=O) groups excluding carboxylic acids is 2. The fourth-order valence-corrected chi connectivity index (χ4v) is 5.33. The maximum Gasteiger partial charge on any atom is 0.319 e. The van der Waals surface area contributed by atoms with E-state index in [1.54, 1.807) is 12.3 Å². The van der Waals surface area contributed by atoms with Crippen molar-refractivity contribution in [1.82, 2.24) is 20.6 Å². The van der Waals surface area contributed by atoms with Crippen molar-refractivity contribution >= 4 is 17.6 Å². The van der Waals surface area contributed by atoms with Gasteiger partial charge in [0.25, 0.3) is 5.91 Å². The van der Waals surface area contributed by atoms with E-state index in [2.05, 4.69) is 25.9 Å². The van der Waals surface area contributed by atoms with Crippen LogP contribution in [0.5, 0.6) is 0 Å². The zero-order valence-corrected chi connectivity index (χ0v) is 21.8. The number of nitrogens with one attached hydrogen (secondary N) is 3. The molecule has 2 heterocycles. The van der Waals surface area contributed by atoms with Gasteiger partial charge in [0.05, 0.1) is 17.3 Å². The van der Waals surface area contributed by atoms with E-state index < -0.39 is 5.54 Å². The predicted octanol–water partition coefficient (Wildman–Crippen LogP) is 4.91. The third-order valence-electron chi connectivity index (χ3n) is 7.44. The lowest BCUT2D eigenvalue weighted by Gasteiger charge is -2.37. The van der Waals surface area contributed by atoms with E-state index in [1.807, 2.05) is 54.6 Å². The second-order valence-electron chi connectivity index (χ2n) is 10.1. The van der Waals surface area contributed by atoms with Gasteiger partial charge in [-0.15, -0.1) is 0 Å². The van der Waals surface area contributed by atoms with Crippen LogP contribution in [0.25, 0.3) is 11.1 Å². The molecule has 1 saturated carbocycles. The number of carbonyl (C=O) groups is 2. The Morgan fingerprint density at radius 1 is 0.974 bits per heavy atom. The van der Waals surface area contributed by atoms with E-state index >= 15 is 0 Å². The minimum atomic E-state index is -0.630. The summed E-state index contributed by atoms with van der Waals surface area (Å²) in [5, 5.41) is 18.2. The molecule has 1 aliphatic heterocycles. The lowest BCUT2D eigenvalue weighted by atomic mass is 9.79. The molecule has 1 aromatic heterocycles. The topological polar surface area (TPSA) is 129 Å². The molecule has 200 valence electrons. The van der Waals surface area contributed by atoms with Crippen molar-refractivity contribution in [3.05, 3.63) is 77.9 Å². The van der Waals surface area contributed by atoms with E-state index in [9.17, 15) is 14.9 Å². The zero-order chi connectivity index (χ0) is 27.1. The molecular formula is C30H32N6O3. The van der Waals surface area contributed by atoms with Gasteiger partial charge in [0.1, 0.15) is 6.07 Å². The first kappa shape index (κ1) is 26.3. The number of anilines is 1. The van der Waals surface area contributed by atoms with Crippen molar-refractivity contribution in [2.75, 3.05) is 18.5 Å². The Kier molecular flexibility index (Phi) is 8.13. The van der Waals surface area contributed by atoms with Crippen LogP contribution in [-0.4, -0.2) is 41.2 Å². The van der Waals surface area contributed by atoms with Crippen molar-refractivity contribution in [2.45, 2.75) is 56.6 Å². The second kappa shape index (κ2) is 12.0. The monoisotopic (exact) mass is 524 g/mol. The molecule has 0 radical (unpaired) electrons. The van der Waals surface area contributed by atoms with Crippen LogP contribution >= 0.6 is 0 Å². The molecule has 1 unspecified atom stereocenters. The molecule has 1 saturated heterocycles. The molecule has 9 heteroatoms.